The summed E-state index contributed by atoms with van der Waals surface area (Å²) in [5.74, 6) is -2.25. The maximum atomic E-state index is 13.0. The number of benzene rings is 1. The van der Waals surface area contributed by atoms with Gasteiger partial charge in [0.2, 0.25) is 5.91 Å². The van der Waals surface area contributed by atoms with Crippen molar-refractivity contribution in [3.8, 4) is 0 Å². The van der Waals surface area contributed by atoms with E-state index in [9.17, 15) is 26.4 Å². The molecular formula is C19H24F3N3O3S. The van der Waals surface area contributed by atoms with Gasteiger partial charge in [-0.05, 0) is 43.9 Å². The lowest BCUT2D eigenvalue weighted by Gasteiger charge is -2.29. The molecule has 0 spiro atoms. The first kappa shape index (κ1) is 21.6. The summed E-state index contributed by atoms with van der Waals surface area (Å²) in [7, 11) is -2.17. The van der Waals surface area contributed by atoms with E-state index >= 15 is 0 Å². The highest BCUT2D eigenvalue weighted by atomic mass is 32.2. The number of halogens is 3. The van der Waals surface area contributed by atoms with Crippen LogP contribution in [0.25, 0.3) is 0 Å². The maximum Gasteiger partial charge on any atom is 0.391 e. The fraction of sp³-hybridized carbons (Fsp3) is 0.579. The molecule has 0 bridgehead atoms. The van der Waals surface area contributed by atoms with Gasteiger partial charge in [0.05, 0.1) is 10.8 Å². The Morgan fingerprint density at radius 1 is 1.24 bits per heavy atom. The Balaban J connectivity index is 1.72. The van der Waals surface area contributed by atoms with Gasteiger partial charge in [-0.15, -0.1) is 4.40 Å². The van der Waals surface area contributed by atoms with E-state index in [2.05, 4.69) is 9.71 Å². The number of hydrogen-bond acceptors (Lipinski definition) is 3. The lowest BCUT2D eigenvalue weighted by atomic mass is 9.80. The SMILES string of the molecule is CN1CCC/C1=N\S(=O)(=O)c1cccc(NC(=O)C2CCCC(C(F)(F)F)C2)c1. The van der Waals surface area contributed by atoms with Crippen molar-refractivity contribution in [2.75, 3.05) is 18.9 Å². The molecule has 0 aromatic heterocycles. The second-order valence-electron chi connectivity index (χ2n) is 7.63. The molecule has 1 aliphatic heterocycles. The highest BCUT2D eigenvalue weighted by Gasteiger charge is 2.43. The molecule has 2 atom stereocenters. The number of amidine groups is 1. The number of nitrogens with one attached hydrogen (secondary N) is 1. The Kier molecular flexibility index (Phi) is 6.21. The summed E-state index contributed by atoms with van der Waals surface area (Å²) < 4.78 is 67.9. The van der Waals surface area contributed by atoms with E-state index in [0.717, 1.165) is 13.0 Å². The molecule has 29 heavy (non-hydrogen) atoms. The van der Waals surface area contributed by atoms with Crippen LogP contribution < -0.4 is 5.32 Å². The van der Waals surface area contributed by atoms with Crippen molar-refractivity contribution in [1.82, 2.24) is 4.90 Å². The molecule has 1 aliphatic carbocycles. The number of amides is 1. The van der Waals surface area contributed by atoms with E-state index < -0.39 is 33.9 Å². The topological polar surface area (TPSA) is 78.8 Å². The van der Waals surface area contributed by atoms with E-state index in [1.54, 1.807) is 11.9 Å². The van der Waals surface area contributed by atoms with E-state index in [1.165, 1.54) is 24.3 Å². The number of rotatable bonds is 4. The third-order valence-corrected chi connectivity index (χ3v) is 6.77. The van der Waals surface area contributed by atoms with Crippen LogP contribution in [-0.4, -0.2) is 44.8 Å². The molecule has 1 aromatic carbocycles. The minimum absolute atomic E-state index is 0.0375. The average Bonchev–Trinajstić information content (AvgIpc) is 3.05. The first-order valence-electron chi connectivity index (χ1n) is 9.59. The molecule has 1 amide bonds. The van der Waals surface area contributed by atoms with Crippen LogP contribution >= 0.6 is 0 Å². The Morgan fingerprint density at radius 3 is 2.66 bits per heavy atom. The standard InChI is InChI=1S/C19H24F3N3O3S/c1-25-10-4-9-17(25)24-29(27,28)16-8-3-7-15(12-16)23-18(26)13-5-2-6-14(11-13)19(20,21)22/h3,7-8,12-14H,2,4-6,9-11H2,1H3,(H,23,26)/b24-17+. The van der Waals surface area contributed by atoms with Crippen molar-refractivity contribution in [2.45, 2.75) is 49.6 Å². The summed E-state index contributed by atoms with van der Waals surface area (Å²) in [5.41, 5.74) is 0.227. The fourth-order valence-corrected chi connectivity index (χ4v) is 4.94. The number of carbonyl (C=O) groups excluding carboxylic acids is 1. The molecule has 1 aromatic rings. The highest BCUT2D eigenvalue weighted by Crippen LogP contribution is 2.40. The van der Waals surface area contributed by atoms with Gasteiger partial charge in [-0.25, -0.2) is 0 Å². The summed E-state index contributed by atoms with van der Waals surface area (Å²) >= 11 is 0. The summed E-state index contributed by atoms with van der Waals surface area (Å²) in [6.45, 7) is 0.741. The van der Waals surface area contributed by atoms with Crippen LogP contribution in [0.3, 0.4) is 0 Å². The molecule has 2 aliphatic rings. The monoisotopic (exact) mass is 431 g/mol. The Labute approximate surface area is 168 Å². The molecule has 1 saturated carbocycles. The van der Waals surface area contributed by atoms with Gasteiger partial charge in [0.25, 0.3) is 10.0 Å². The van der Waals surface area contributed by atoms with Gasteiger partial charge in [-0.3, -0.25) is 4.79 Å². The Bertz CT molecular complexity index is 899. The van der Waals surface area contributed by atoms with Crippen LogP contribution in [0.4, 0.5) is 18.9 Å². The van der Waals surface area contributed by atoms with Gasteiger partial charge in [-0.1, -0.05) is 12.5 Å². The van der Waals surface area contributed by atoms with Crippen molar-refractivity contribution >= 4 is 27.5 Å². The molecule has 0 radical (unpaired) electrons. The predicted octanol–water partition coefficient (Wildman–Crippen LogP) is 3.81. The third-order valence-electron chi connectivity index (χ3n) is 5.47. The van der Waals surface area contributed by atoms with E-state index in [-0.39, 0.29) is 23.4 Å². The Morgan fingerprint density at radius 2 is 2.00 bits per heavy atom. The van der Waals surface area contributed by atoms with Gasteiger partial charge in [0.1, 0.15) is 5.84 Å². The normalized spacial score (nSPS) is 24.7. The average molecular weight is 431 g/mol. The van der Waals surface area contributed by atoms with Gasteiger partial charge in [0.15, 0.2) is 0 Å². The molecule has 160 valence electrons. The second kappa shape index (κ2) is 8.33. The number of nitrogens with zero attached hydrogens (tertiary/aromatic N) is 2. The van der Waals surface area contributed by atoms with E-state index in [0.29, 0.717) is 25.1 Å². The lowest BCUT2D eigenvalue weighted by Crippen LogP contribution is -2.34. The zero-order valence-corrected chi connectivity index (χ0v) is 16.9. The molecule has 1 N–H and O–H groups in total. The summed E-state index contributed by atoms with van der Waals surface area (Å²) in [6, 6.07) is 5.65. The van der Waals surface area contributed by atoms with Gasteiger partial charge < -0.3 is 10.2 Å². The minimum atomic E-state index is -4.31. The van der Waals surface area contributed by atoms with Crippen LogP contribution in [0.5, 0.6) is 0 Å². The summed E-state index contributed by atoms with van der Waals surface area (Å²) in [5, 5.41) is 2.57. The van der Waals surface area contributed by atoms with E-state index in [4.69, 9.17) is 0 Å². The van der Waals surface area contributed by atoms with E-state index in [1.807, 2.05) is 0 Å². The quantitative estimate of drug-likeness (QED) is 0.786. The molecule has 10 heteroatoms. The first-order valence-corrected chi connectivity index (χ1v) is 11.0. The Hall–Kier alpha value is -2.10. The smallest absolute Gasteiger partial charge is 0.362 e. The van der Waals surface area contributed by atoms with Crippen molar-refractivity contribution < 1.29 is 26.4 Å². The fourth-order valence-electron chi connectivity index (χ4n) is 3.80. The van der Waals surface area contributed by atoms with Crippen molar-refractivity contribution in [1.29, 1.82) is 0 Å². The van der Waals surface area contributed by atoms with Gasteiger partial charge in [0, 0.05) is 31.6 Å². The number of anilines is 1. The minimum Gasteiger partial charge on any atom is -0.362 e. The first-order chi connectivity index (χ1) is 13.6. The highest BCUT2D eigenvalue weighted by molar-refractivity contribution is 7.90. The molecule has 1 saturated heterocycles. The second-order valence-corrected chi connectivity index (χ2v) is 9.23. The van der Waals surface area contributed by atoms with Crippen LogP contribution in [0.15, 0.2) is 33.6 Å². The maximum absolute atomic E-state index is 13.0. The zero-order valence-electron chi connectivity index (χ0n) is 16.1. The number of hydrogen-bond donors (Lipinski definition) is 1. The molecule has 1 heterocycles. The molecule has 2 fully saturated rings. The predicted molar refractivity (Wildman–Crippen MR) is 103 cm³/mol. The van der Waals surface area contributed by atoms with Crippen LogP contribution in [0.2, 0.25) is 0 Å². The molecule has 3 rings (SSSR count). The van der Waals surface area contributed by atoms with Crippen LogP contribution in [-0.2, 0) is 14.8 Å². The largest absolute Gasteiger partial charge is 0.391 e. The van der Waals surface area contributed by atoms with Crippen LogP contribution in [0, 0.1) is 11.8 Å². The molecular weight excluding hydrogens is 407 g/mol. The number of alkyl halides is 3. The number of carbonyl (C=O) groups is 1. The number of likely N-dealkylation sites (tertiary alicyclic amines) is 1. The summed E-state index contributed by atoms with van der Waals surface area (Å²) in [6.07, 6.45) is -2.38. The van der Waals surface area contributed by atoms with Crippen molar-refractivity contribution in [2.24, 2.45) is 16.2 Å². The molecule has 6 nitrogen and oxygen atoms in total. The third kappa shape index (κ3) is 5.29. The molecule has 2 unspecified atom stereocenters. The zero-order chi connectivity index (χ0) is 21.2. The van der Waals surface area contributed by atoms with Crippen molar-refractivity contribution in [3.05, 3.63) is 24.3 Å². The van der Waals surface area contributed by atoms with Crippen LogP contribution in [0.1, 0.15) is 38.5 Å². The summed E-state index contributed by atoms with van der Waals surface area (Å²) in [4.78, 5) is 14.2. The number of sulfonamides is 1. The van der Waals surface area contributed by atoms with Crippen molar-refractivity contribution in [3.63, 3.8) is 0 Å². The van der Waals surface area contributed by atoms with Gasteiger partial charge in [-0.2, -0.15) is 21.6 Å². The lowest BCUT2D eigenvalue weighted by molar-refractivity contribution is -0.185. The van der Waals surface area contributed by atoms with Gasteiger partial charge >= 0.3 is 6.18 Å².